The first-order valence-electron chi connectivity index (χ1n) is 10.1. The first-order chi connectivity index (χ1) is 14.8. The summed E-state index contributed by atoms with van der Waals surface area (Å²) in [6.07, 6.45) is 3.97. The lowest BCUT2D eigenvalue weighted by Crippen LogP contribution is -2.12. The van der Waals surface area contributed by atoms with E-state index in [1.54, 1.807) is 6.07 Å². The Labute approximate surface area is 173 Å². The van der Waals surface area contributed by atoms with Crippen molar-refractivity contribution in [2.75, 3.05) is 5.32 Å². The third kappa shape index (κ3) is 3.54. The van der Waals surface area contributed by atoms with Crippen molar-refractivity contribution in [1.29, 1.82) is 0 Å². The zero-order chi connectivity index (χ0) is 20.3. The van der Waals surface area contributed by atoms with Gasteiger partial charge in [-0.3, -0.25) is 5.10 Å². The first kappa shape index (κ1) is 18.4. The van der Waals surface area contributed by atoms with Gasteiger partial charge in [0, 0.05) is 22.4 Å². The molecule has 0 fully saturated rings. The smallest absolute Gasteiger partial charge is 0.248 e. The highest BCUT2D eigenvalue weighted by Crippen LogP contribution is 2.31. The summed E-state index contributed by atoms with van der Waals surface area (Å²) in [7, 11) is 0. The zero-order valence-corrected chi connectivity index (χ0v) is 16.4. The van der Waals surface area contributed by atoms with Gasteiger partial charge in [0.1, 0.15) is 12.5 Å². The number of hydrogen-bond donors (Lipinski definition) is 2. The minimum atomic E-state index is -0.555. The number of rotatable bonds is 5. The zero-order valence-electron chi connectivity index (χ0n) is 16.4. The highest BCUT2D eigenvalue weighted by Gasteiger charge is 2.20. The second kappa shape index (κ2) is 8.02. The molecule has 0 saturated carbocycles. The Morgan fingerprint density at radius 2 is 1.70 bits per heavy atom. The SMILES string of the molecule is FCc1ccccc1-c1nc2c(c(Nc3n[nH]c(-c4ccccc4)n3)n1)CCCC2. The van der Waals surface area contributed by atoms with Gasteiger partial charge in [0.15, 0.2) is 11.6 Å². The molecule has 0 aliphatic heterocycles. The molecule has 0 saturated heterocycles. The van der Waals surface area contributed by atoms with Gasteiger partial charge < -0.3 is 5.32 Å². The van der Waals surface area contributed by atoms with Crippen molar-refractivity contribution >= 4 is 11.8 Å². The Morgan fingerprint density at radius 3 is 2.57 bits per heavy atom. The molecule has 5 rings (SSSR count). The summed E-state index contributed by atoms with van der Waals surface area (Å²) < 4.78 is 13.5. The maximum absolute atomic E-state index is 13.5. The number of alkyl halides is 1. The molecule has 2 N–H and O–H groups in total. The molecule has 1 aliphatic rings. The minimum absolute atomic E-state index is 0.449. The summed E-state index contributed by atoms with van der Waals surface area (Å²) in [5, 5.41) is 10.5. The van der Waals surface area contributed by atoms with Gasteiger partial charge in [-0.2, -0.15) is 4.98 Å². The lowest BCUT2D eigenvalue weighted by atomic mass is 9.96. The molecule has 6 nitrogen and oxygen atoms in total. The highest BCUT2D eigenvalue weighted by atomic mass is 19.1. The van der Waals surface area contributed by atoms with E-state index in [1.165, 1.54) is 0 Å². The number of halogens is 1. The topological polar surface area (TPSA) is 79.4 Å². The predicted molar refractivity (Wildman–Crippen MR) is 114 cm³/mol. The molecule has 1 aliphatic carbocycles. The number of aromatic amines is 1. The Bertz CT molecular complexity index is 1170. The molecular formula is C23H21FN6. The third-order valence-electron chi connectivity index (χ3n) is 5.35. The van der Waals surface area contributed by atoms with Crippen molar-refractivity contribution in [3.8, 4) is 22.8 Å². The Morgan fingerprint density at radius 1 is 0.900 bits per heavy atom. The molecule has 7 heteroatoms. The number of fused-ring (bicyclic) bond motifs is 1. The summed E-state index contributed by atoms with van der Waals surface area (Å²) in [6, 6.07) is 17.2. The van der Waals surface area contributed by atoms with Crippen LogP contribution >= 0.6 is 0 Å². The average molecular weight is 400 g/mol. The van der Waals surface area contributed by atoms with Crippen molar-refractivity contribution in [2.45, 2.75) is 32.4 Å². The summed E-state index contributed by atoms with van der Waals surface area (Å²) >= 11 is 0. The van der Waals surface area contributed by atoms with Gasteiger partial charge in [-0.05, 0) is 31.2 Å². The van der Waals surface area contributed by atoms with Crippen LogP contribution in [0.25, 0.3) is 22.8 Å². The van der Waals surface area contributed by atoms with E-state index in [9.17, 15) is 4.39 Å². The second-order valence-electron chi connectivity index (χ2n) is 7.32. The van der Waals surface area contributed by atoms with E-state index in [0.717, 1.165) is 48.1 Å². The molecule has 2 aromatic carbocycles. The molecule has 150 valence electrons. The van der Waals surface area contributed by atoms with E-state index in [2.05, 4.69) is 20.5 Å². The van der Waals surface area contributed by atoms with Crippen LogP contribution in [0.5, 0.6) is 0 Å². The highest BCUT2D eigenvalue weighted by molar-refractivity contribution is 5.66. The van der Waals surface area contributed by atoms with Crippen LogP contribution in [0.2, 0.25) is 0 Å². The van der Waals surface area contributed by atoms with E-state index in [1.807, 2.05) is 48.5 Å². The fraction of sp³-hybridized carbons (Fsp3) is 0.217. The number of aryl methyl sites for hydroxylation is 1. The van der Waals surface area contributed by atoms with E-state index in [-0.39, 0.29) is 0 Å². The number of aromatic nitrogens is 5. The number of anilines is 2. The molecule has 0 atom stereocenters. The van der Waals surface area contributed by atoms with Crippen molar-refractivity contribution in [2.24, 2.45) is 0 Å². The van der Waals surface area contributed by atoms with Gasteiger partial charge in [0.2, 0.25) is 5.95 Å². The van der Waals surface area contributed by atoms with Crippen LogP contribution in [0.4, 0.5) is 16.2 Å². The molecule has 0 unspecified atom stereocenters. The molecule has 2 aromatic heterocycles. The number of benzene rings is 2. The molecule has 0 bridgehead atoms. The van der Waals surface area contributed by atoms with Gasteiger partial charge in [0.05, 0.1) is 0 Å². The largest absolute Gasteiger partial charge is 0.307 e. The van der Waals surface area contributed by atoms with Crippen LogP contribution in [0.3, 0.4) is 0 Å². The molecular weight excluding hydrogens is 379 g/mol. The number of H-pyrrole nitrogens is 1. The fourth-order valence-corrected chi connectivity index (χ4v) is 3.82. The number of nitrogens with one attached hydrogen (secondary N) is 2. The molecule has 0 radical (unpaired) electrons. The van der Waals surface area contributed by atoms with E-state index >= 15 is 0 Å². The second-order valence-corrected chi connectivity index (χ2v) is 7.32. The Balaban J connectivity index is 1.54. The summed E-state index contributed by atoms with van der Waals surface area (Å²) in [5.41, 5.74) is 4.37. The van der Waals surface area contributed by atoms with Crippen LogP contribution in [0.1, 0.15) is 29.7 Å². The normalized spacial score (nSPS) is 13.1. The Kier molecular flexibility index (Phi) is 4.93. The van der Waals surface area contributed by atoms with Gasteiger partial charge in [0.25, 0.3) is 0 Å². The molecule has 30 heavy (non-hydrogen) atoms. The van der Waals surface area contributed by atoms with Crippen molar-refractivity contribution < 1.29 is 4.39 Å². The molecule has 4 aromatic rings. The van der Waals surface area contributed by atoms with Gasteiger partial charge in [-0.15, -0.1) is 5.10 Å². The minimum Gasteiger partial charge on any atom is -0.307 e. The molecule has 2 heterocycles. The van der Waals surface area contributed by atoms with Gasteiger partial charge >= 0.3 is 0 Å². The third-order valence-corrected chi connectivity index (χ3v) is 5.35. The van der Waals surface area contributed by atoms with Crippen LogP contribution in [0, 0.1) is 0 Å². The summed E-state index contributed by atoms with van der Waals surface area (Å²) in [5.74, 6) is 2.36. The monoisotopic (exact) mass is 400 g/mol. The van der Waals surface area contributed by atoms with E-state index < -0.39 is 6.67 Å². The molecule has 0 spiro atoms. The van der Waals surface area contributed by atoms with E-state index in [0.29, 0.717) is 29.0 Å². The summed E-state index contributed by atoms with van der Waals surface area (Å²) in [6.45, 7) is -0.555. The van der Waals surface area contributed by atoms with Gasteiger partial charge in [-0.1, -0.05) is 54.6 Å². The van der Waals surface area contributed by atoms with E-state index in [4.69, 9.17) is 9.97 Å². The van der Waals surface area contributed by atoms with Crippen LogP contribution in [0.15, 0.2) is 54.6 Å². The quantitative estimate of drug-likeness (QED) is 0.492. The van der Waals surface area contributed by atoms with Crippen molar-refractivity contribution in [3.05, 3.63) is 71.4 Å². The number of nitrogens with zero attached hydrogens (tertiary/aromatic N) is 4. The maximum Gasteiger partial charge on any atom is 0.248 e. The fourth-order valence-electron chi connectivity index (χ4n) is 3.82. The van der Waals surface area contributed by atoms with Crippen LogP contribution < -0.4 is 5.32 Å². The lowest BCUT2D eigenvalue weighted by Gasteiger charge is -2.19. The van der Waals surface area contributed by atoms with Crippen molar-refractivity contribution in [1.82, 2.24) is 25.1 Å². The van der Waals surface area contributed by atoms with Crippen LogP contribution in [-0.2, 0) is 19.5 Å². The lowest BCUT2D eigenvalue weighted by molar-refractivity contribution is 0.486. The average Bonchev–Trinajstić information content (AvgIpc) is 3.28. The molecule has 0 amide bonds. The number of hydrogen-bond acceptors (Lipinski definition) is 5. The standard InChI is InChI=1S/C23H21FN6/c24-14-16-10-4-5-11-17(16)21-25-19-13-7-6-12-18(19)22(26-21)28-23-27-20(29-30-23)15-8-2-1-3-9-15/h1-5,8-11H,6-7,12-14H2,(H2,25,26,27,28,29,30). The predicted octanol–water partition coefficient (Wildman–Crippen LogP) is 5.02. The first-order valence-corrected chi connectivity index (χ1v) is 10.1. The van der Waals surface area contributed by atoms with Crippen molar-refractivity contribution in [3.63, 3.8) is 0 Å². The summed E-state index contributed by atoms with van der Waals surface area (Å²) in [4.78, 5) is 14.1. The maximum atomic E-state index is 13.5. The van der Waals surface area contributed by atoms with Gasteiger partial charge in [-0.25, -0.2) is 14.4 Å². The van der Waals surface area contributed by atoms with Crippen LogP contribution in [-0.4, -0.2) is 25.1 Å². The Hall–Kier alpha value is -3.61.